The first-order valence-electron chi connectivity index (χ1n) is 3.99. The van der Waals surface area contributed by atoms with Crippen molar-refractivity contribution in [1.29, 1.82) is 5.26 Å². The van der Waals surface area contributed by atoms with Gasteiger partial charge in [0.05, 0.1) is 6.07 Å². The maximum atomic E-state index is 11.2. The molecule has 0 spiro atoms. The maximum absolute atomic E-state index is 11.2. The molecule has 1 unspecified atom stereocenters. The number of nitrogens with zero attached hydrogens (tertiary/aromatic N) is 1. The molecular formula is C9H14N2O. The predicted molar refractivity (Wildman–Crippen MR) is 47.3 cm³/mol. The molecular weight excluding hydrogens is 152 g/mol. The molecule has 0 heterocycles. The molecule has 0 aliphatic heterocycles. The van der Waals surface area contributed by atoms with Gasteiger partial charge in [0, 0.05) is 5.57 Å². The second-order valence-corrected chi connectivity index (χ2v) is 2.62. The summed E-state index contributed by atoms with van der Waals surface area (Å²) in [5.74, 6) is -0.161. The lowest BCUT2D eigenvalue weighted by Gasteiger charge is -2.05. The van der Waals surface area contributed by atoms with E-state index < -0.39 is 6.04 Å². The SMILES string of the molecule is CC/C=C(/C)C(=O)NC(C)C#N. The van der Waals surface area contributed by atoms with E-state index in [1.54, 1.807) is 13.8 Å². The number of nitriles is 1. The number of rotatable bonds is 3. The zero-order valence-corrected chi connectivity index (χ0v) is 7.72. The van der Waals surface area contributed by atoms with Gasteiger partial charge in [-0.1, -0.05) is 13.0 Å². The van der Waals surface area contributed by atoms with Crippen LogP contribution in [0.25, 0.3) is 0 Å². The standard InChI is InChI=1S/C9H14N2O/c1-4-5-7(2)9(12)11-8(3)6-10/h5,8H,4H2,1-3H3,(H,11,12)/b7-5-. The number of carbonyl (C=O) groups excluding carboxylic acids is 1. The van der Waals surface area contributed by atoms with Gasteiger partial charge in [-0.25, -0.2) is 0 Å². The van der Waals surface area contributed by atoms with Crippen molar-refractivity contribution in [1.82, 2.24) is 5.32 Å². The molecule has 0 aromatic rings. The molecule has 0 aromatic carbocycles. The molecule has 3 nitrogen and oxygen atoms in total. The van der Waals surface area contributed by atoms with Crippen LogP contribution in [0.1, 0.15) is 27.2 Å². The van der Waals surface area contributed by atoms with Gasteiger partial charge < -0.3 is 5.32 Å². The zero-order chi connectivity index (χ0) is 9.56. The van der Waals surface area contributed by atoms with E-state index in [2.05, 4.69) is 5.32 Å². The normalized spacial score (nSPS) is 13.3. The Morgan fingerprint density at radius 3 is 2.75 bits per heavy atom. The van der Waals surface area contributed by atoms with Gasteiger partial charge in [-0.15, -0.1) is 0 Å². The molecule has 0 radical (unpaired) electrons. The summed E-state index contributed by atoms with van der Waals surface area (Å²) in [6.45, 7) is 5.35. The van der Waals surface area contributed by atoms with Crippen LogP contribution in [0.3, 0.4) is 0 Å². The van der Waals surface area contributed by atoms with Crippen molar-refractivity contribution >= 4 is 5.91 Å². The summed E-state index contributed by atoms with van der Waals surface area (Å²) in [6, 6.07) is 1.51. The second-order valence-electron chi connectivity index (χ2n) is 2.62. The lowest BCUT2D eigenvalue weighted by atomic mass is 10.2. The highest BCUT2D eigenvalue weighted by molar-refractivity contribution is 5.93. The molecule has 0 bridgehead atoms. The quantitative estimate of drug-likeness (QED) is 0.644. The molecule has 0 saturated heterocycles. The smallest absolute Gasteiger partial charge is 0.247 e. The van der Waals surface area contributed by atoms with Crippen molar-refractivity contribution in [2.75, 3.05) is 0 Å². The molecule has 1 N–H and O–H groups in total. The summed E-state index contributed by atoms with van der Waals surface area (Å²) in [6.07, 6.45) is 2.67. The van der Waals surface area contributed by atoms with Crippen molar-refractivity contribution in [2.24, 2.45) is 0 Å². The lowest BCUT2D eigenvalue weighted by molar-refractivity contribution is -0.117. The van der Waals surface area contributed by atoms with E-state index in [0.29, 0.717) is 5.57 Å². The van der Waals surface area contributed by atoms with Crippen molar-refractivity contribution < 1.29 is 4.79 Å². The van der Waals surface area contributed by atoms with Crippen LogP contribution in [0, 0.1) is 11.3 Å². The van der Waals surface area contributed by atoms with E-state index in [0.717, 1.165) is 6.42 Å². The summed E-state index contributed by atoms with van der Waals surface area (Å²) < 4.78 is 0. The molecule has 66 valence electrons. The summed E-state index contributed by atoms with van der Waals surface area (Å²) in [5, 5.41) is 11.0. The first-order valence-corrected chi connectivity index (χ1v) is 3.99. The fraction of sp³-hybridized carbons (Fsp3) is 0.556. The first-order chi connectivity index (χ1) is 5.61. The van der Waals surface area contributed by atoms with Crippen molar-refractivity contribution in [2.45, 2.75) is 33.2 Å². The minimum atomic E-state index is -0.419. The molecule has 0 aliphatic carbocycles. The van der Waals surface area contributed by atoms with Gasteiger partial charge in [-0.2, -0.15) is 5.26 Å². The Hall–Kier alpha value is -1.30. The van der Waals surface area contributed by atoms with Gasteiger partial charge in [0.2, 0.25) is 5.91 Å². The van der Waals surface area contributed by atoms with Crippen LogP contribution in [-0.4, -0.2) is 11.9 Å². The molecule has 0 rings (SSSR count). The number of hydrogen-bond acceptors (Lipinski definition) is 2. The van der Waals surface area contributed by atoms with Crippen LogP contribution in [0.15, 0.2) is 11.6 Å². The van der Waals surface area contributed by atoms with Crippen LogP contribution < -0.4 is 5.32 Å². The highest BCUT2D eigenvalue weighted by Crippen LogP contribution is 1.95. The van der Waals surface area contributed by atoms with Crippen molar-refractivity contribution in [3.63, 3.8) is 0 Å². The third-order valence-corrected chi connectivity index (χ3v) is 1.41. The lowest BCUT2D eigenvalue weighted by Crippen LogP contribution is -2.31. The predicted octanol–water partition coefficient (Wildman–Crippen LogP) is 1.37. The average Bonchev–Trinajstić information content (AvgIpc) is 2.04. The van der Waals surface area contributed by atoms with E-state index in [-0.39, 0.29) is 5.91 Å². The highest BCUT2D eigenvalue weighted by Gasteiger charge is 2.06. The number of nitrogens with one attached hydrogen (secondary N) is 1. The number of allylic oxidation sites excluding steroid dienone is 1. The molecule has 0 fully saturated rings. The zero-order valence-electron chi connectivity index (χ0n) is 7.72. The van der Waals surface area contributed by atoms with Gasteiger partial charge in [0.1, 0.15) is 6.04 Å². The van der Waals surface area contributed by atoms with Crippen molar-refractivity contribution in [3.8, 4) is 6.07 Å². The monoisotopic (exact) mass is 166 g/mol. The molecule has 12 heavy (non-hydrogen) atoms. The molecule has 1 amide bonds. The Balaban J connectivity index is 4.06. The topological polar surface area (TPSA) is 52.9 Å². The molecule has 1 atom stereocenters. The minimum absolute atomic E-state index is 0.161. The molecule has 0 saturated carbocycles. The van der Waals surface area contributed by atoms with E-state index in [1.165, 1.54) is 0 Å². The summed E-state index contributed by atoms with van der Waals surface area (Å²) in [5.41, 5.74) is 0.666. The van der Waals surface area contributed by atoms with Crippen LogP contribution in [-0.2, 0) is 4.79 Å². The maximum Gasteiger partial charge on any atom is 0.247 e. The second kappa shape index (κ2) is 5.36. The number of hydrogen-bond donors (Lipinski definition) is 1. The third-order valence-electron chi connectivity index (χ3n) is 1.41. The number of carbonyl (C=O) groups is 1. The summed E-state index contributed by atoms with van der Waals surface area (Å²) >= 11 is 0. The molecule has 0 aromatic heterocycles. The third kappa shape index (κ3) is 3.77. The Kier molecular flexibility index (Phi) is 4.78. The Labute approximate surface area is 73.1 Å². The van der Waals surface area contributed by atoms with Crippen LogP contribution in [0.5, 0.6) is 0 Å². The van der Waals surface area contributed by atoms with Crippen molar-refractivity contribution in [3.05, 3.63) is 11.6 Å². The van der Waals surface area contributed by atoms with E-state index >= 15 is 0 Å². The van der Waals surface area contributed by atoms with Gasteiger partial charge in [0.15, 0.2) is 0 Å². The van der Waals surface area contributed by atoms with Crippen LogP contribution in [0.4, 0.5) is 0 Å². The summed E-state index contributed by atoms with van der Waals surface area (Å²) in [4.78, 5) is 11.2. The van der Waals surface area contributed by atoms with Gasteiger partial charge in [0.25, 0.3) is 0 Å². The van der Waals surface area contributed by atoms with E-state index in [1.807, 2.05) is 19.1 Å². The fourth-order valence-electron chi connectivity index (χ4n) is 0.742. The highest BCUT2D eigenvalue weighted by atomic mass is 16.1. The molecule has 3 heteroatoms. The van der Waals surface area contributed by atoms with Gasteiger partial charge in [-0.3, -0.25) is 4.79 Å². The van der Waals surface area contributed by atoms with E-state index in [4.69, 9.17) is 5.26 Å². The number of amides is 1. The summed E-state index contributed by atoms with van der Waals surface area (Å²) in [7, 11) is 0. The Bertz CT molecular complexity index is 225. The molecule has 0 aliphatic rings. The minimum Gasteiger partial charge on any atom is -0.337 e. The van der Waals surface area contributed by atoms with E-state index in [9.17, 15) is 4.79 Å². The fourth-order valence-corrected chi connectivity index (χ4v) is 0.742. The average molecular weight is 166 g/mol. The van der Waals surface area contributed by atoms with Crippen LogP contribution in [0.2, 0.25) is 0 Å². The van der Waals surface area contributed by atoms with Gasteiger partial charge in [-0.05, 0) is 20.3 Å². The van der Waals surface area contributed by atoms with Gasteiger partial charge >= 0.3 is 0 Å². The largest absolute Gasteiger partial charge is 0.337 e. The first kappa shape index (κ1) is 10.7. The Morgan fingerprint density at radius 2 is 2.33 bits per heavy atom. The van der Waals surface area contributed by atoms with Crippen LogP contribution >= 0.6 is 0 Å². The Morgan fingerprint density at radius 1 is 1.75 bits per heavy atom.